The van der Waals surface area contributed by atoms with Gasteiger partial charge in [-0.2, -0.15) is 12.7 Å². The second-order valence-corrected chi connectivity index (χ2v) is 12.3. The van der Waals surface area contributed by atoms with Crippen LogP contribution in [0.25, 0.3) is 28.2 Å². The first kappa shape index (κ1) is 26.5. The van der Waals surface area contributed by atoms with Crippen LogP contribution in [0.15, 0.2) is 42.0 Å². The lowest BCUT2D eigenvalue weighted by Crippen LogP contribution is -2.39. The van der Waals surface area contributed by atoms with E-state index in [1.165, 1.54) is 33.2 Å². The standard InChI is InChI=1S/C28H30ClN3O5S/c1-31(2)38(35,36)30-27(33)18-9-11-23-24(15-18)32-16-20(28(34)37-3)13-19-14-21(29)10-12-22(19)26(32)25(23)17-7-5-4-6-8-17/h9-15,17H,4-8,16H2,1-3H3,(H,30,33). The molecule has 1 amide bonds. The first-order chi connectivity index (χ1) is 18.1. The quantitative estimate of drug-likeness (QED) is 0.441. The molecule has 0 radical (unpaired) electrons. The zero-order valence-electron chi connectivity index (χ0n) is 21.6. The lowest BCUT2D eigenvalue weighted by molar-refractivity contribution is -0.136. The number of nitrogens with one attached hydrogen (secondary N) is 1. The Hall–Kier alpha value is -3.14. The number of nitrogens with zero attached hydrogens (tertiary/aromatic N) is 2. The average Bonchev–Trinajstić information content (AvgIpc) is 3.11. The van der Waals surface area contributed by atoms with E-state index in [2.05, 4.69) is 9.29 Å². The van der Waals surface area contributed by atoms with Gasteiger partial charge < -0.3 is 9.30 Å². The van der Waals surface area contributed by atoms with E-state index in [-0.39, 0.29) is 12.1 Å². The lowest BCUT2D eigenvalue weighted by atomic mass is 9.81. The van der Waals surface area contributed by atoms with Crippen molar-refractivity contribution in [1.82, 2.24) is 13.6 Å². The molecular weight excluding hydrogens is 526 g/mol. The van der Waals surface area contributed by atoms with Crippen LogP contribution in [0.1, 0.15) is 59.5 Å². The maximum absolute atomic E-state index is 13.0. The van der Waals surface area contributed by atoms with Gasteiger partial charge in [0.2, 0.25) is 0 Å². The molecule has 2 aliphatic rings. The summed E-state index contributed by atoms with van der Waals surface area (Å²) >= 11 is 6.37. The summed E-state index contributed by atoms with van der Waals surface area (Å²) in [7, 11) is 0.100. The molecule has 1 aliphatic carbocycles. The van der Waals surface area contributed by atoms with Crippen molar-refractivity contribution in [3.8, 4) is 11.3 Å². The third-order valence-electron chi connectivity index (χ3n) is 7.46. The number of amides is 1. The number of aromatic nitrogens is 1. The number of carbonyl (C=O) groups is 2. The molecule has 10 heteroatoms. The molecular formula is C28H30ClN3O5S. The molecule has 2 aromatic carbocycles. The number of rotatable bonds is 5. The Kier molecular flexibility index (Phi) is 7.11. The molecule has 200 valence electrons. The van der Waals surface area contributed by atoms with Crippen molar-refractivity contribution in [2.24, 2.45) is 0 Å². The van der Waals surface area contributed by atoms with Gasteiger partial charge in [-0.1, -0.05) is 43.0 Å². The molecule has 0 bridgehead atoms. The molecule has 8 nitrogen and oxygen atoms in total. The van der Waals surface area contributed by atoms with Crippen molar-refractivity contribution >= 4 is 50.7 Å². The van der Waals surface area contributed by atoms with Gasteiger partial charge in [-0.15, -0.1) is 0 Å². The maximum Gasteiger partial charge on any atom is 0.335 e. The van der Waals surface area contributed by atoms with Crippen molar-refractivity contribution < 1.29 is 22.7 Å². The highest BCUT2D eigenvalue weighted by molar-refractivity contribution is 7.87. The highest BCUT2D eigenvalue weighted by Crippen LogP contribution is 2.46. The summed E-state index contributed by atoms with van der Waals surface area (Å²) in [4.78, 5) is 25.8. The minimum atomic E-state index is -3.96. The van der Waals surface area contributed by atoms with Crippen LogP contribution in [0.5, 0.6) is 0 Å². The summed E-state index contributed by atoms with van der Waals surface area (Å²) < 4.78 is 34.8. The van der Waals surface area contributed by atoms with Gasteiger partial charge in [0.15, 0.2) is 0 Å². The molecule has 2 heterocycles. The van der Waals surface area contributed by atoms with Crippen molar-refractivity contribution in [2.75, 3.05) is 21.2 Å². The number of halogens is 1. The molecule has 1 aromatic heterocycles. The number of fused-ring (bicyclic) bond motifs is 5. The molecule has 5 rings (SSSR count). The Morgan fingerprint density at radius 2 is 1.82 bits per heavy atom. The first-order valence-electron chi connectivity index (χ1n) is 12.6. The van der Waals surface area contributed by atoms with Crippen LogP contribution in [0.4, 0.5) is 0 Å². The maximum atomic E-state index is 13.0. The van der Waals surface area contributed by atoms with Crippen molar-refractivity contribution in [3.05, 3.63) is 63.7 Å². The second kappa shape index (κ2) is 10.2. The molecule has 0 saturated heterocycles. The molecule has 1 fully saturated rings. The summed E-state index contributed by atoms with van der Waals surface area (Å²) in [6.45, 7) is 0.235. The normalized spacial score (nSPS) is 16.0. The first-order valence-corrected chi connectivity index (χ1v) is 14.4. The predicted octanol–water partition coefficient (Wildman–Crippen LogP) is 5.12. The van der Waals surface area contributed by atoms with Crippen molar-refractivity contribution in [1.29, 1.82) is 0 Å². The van der Waals surface area contributed by atoms with Gasteiger partial charge in [-0.3, -0.25) is 4.79 Å². The van der Waals surface area contributed by atoms with Gasteiger partial charge in [-0.25, -0.2) is 9.52 Å². The molecule has 0 atom stereocenters. The third kappa shape index (κ3) is 4.74. The Bertz CT molecular complexity index is 1580. The fourth-order valence-corrected chi connectivity index (χ4v) is 6.29. The Labute approximate surface area is 227 Å². The van der Waals surface area contributed by atoms with Crippen LogP contribution in [0, 0.1) is 0 Å². The molecule has 3 aromatic rings. The van der Waals surface area contributed by atoms with Gasteiger partial charge >= 0.3 is 16.2 Å². The SMILES string of the molecule is COC(=O)C1=Cc2cc(Cl)ccc2-c2c(C3CCCCC3)c3ccc(C(=O)NS(=O)(=O)N(C)C)cc3n2C1. The van der Waals surface area contributed by atoms with Crippen LogP contribution < -0.4 is 4.72 Å². The van der Waals surface area contributed by atoms with Crippen LogP contribution in [0.3, 0.4) is 0 Å². The highest BCUT2D eigenvalue weighted by atomic mass is 35.5. The zero-order chi connectivity index (χ0) is 27.2. The zero-order valence-corrected chi connectivity index (χ0v) is 23.2. The van der Waals surface area contributed by atoms with Crippen LogP contribution in [-0.2, 0) is 26.3 Å². The number of benzene rings is 2. The van der Waals surface area contributed by atoms with Crippen LogP contribution >= 0.6 is 11.6 Å². The smallest absolute Gasteiger partial charge is 0.335 e. The lowest BCUT2D eigenvalue weighted by Gasteiger charge is -2.24. The van der Waals surface area contributed by atoms with Gasteiger partial charge in [0.25, 0.3) is 5.91 Å². The van der Waals surface area contributed by atoms with Crippen LogP contribution in [-0.4, -0.2) is 50.4 Å². The van der Waals surface area contributed by atoms with Gasteiger partial charge in [0, 0.05) is 41.1 Å². The largest absolute Gasteiger partial charge is 0.466 e. The fraction of sp³-hybridized carbons (Fsp3) is 0.357. The third-order valence-corrected chi connectivity index (χ3v) is 9.10. The van der Waals surface area contributed by atoms with E-state index in [4.69, 9.17) is 16.3 Å². The van der Waals surface area contributed by atoms with E-state index in [0.29, 0.717) is 16.5 Å². The number of esters is 1. The topological polar surface area (TPSA) is 97.7 Å². The minimum absolute atomic E-state index is 0.211. The minimum Gasteiger partial charge on any atom is -0.466 e. The Morgan fingerprint density at radius 3 is 2.50 bits per heavy atom. The molecule has 0 unspecified atom stereocenters. The number of hydrogen-bond acceptors (Lipinski definition) is 5. The average molecular weight is 556 g/mol. The predicted molar refractivity (Wildman–Crippen MR) is 148 cm³/mol. The summed E-state index contributed by atoms with van der Waals surface area (Å²) in [5, 5.41) is 1.56. The summed E-state index contributed by atoms with van der Waals surface area (Å²) in [6.07, 6.45) is 7.40. The van der Waals surface area contributed by atoms with Gasteiger partial charge in [-0.05, 0) is 60.2 Å². The Morgan fingerprint density at radius 1 is 1.08 bits per heavy atom. The molecule has 1 saturated carbocycles. The number of methoxy groups -OCH3 is 1. The molecule has 1 N–H and O–H groups in total. The summed E-state index contributed by atoms with van der Waals surface area (Å²) in [5.41, 5.74) is 5.38. The monoisotopic (exact) mass is 555 g/mol. The molecule has 0 spiro atoms. The number of hydrogen-bond donors (Lipinski definition) is 1. The fourth-order valence-electron chi connectivity index (χ4n) is 5.57. The van der Waals surface area contributed by atoms with E-state index >= 15 is 0 Å². The van der Waals surface area contributed by atoms with Crippen LogP contribution in [0.2, 0.25) is 5.02 Å². The van der Waals surface area contributed by atoms with Gasteiger partial charge in [0.1, 0.15) is 0 Å². The van der Waals surface area contributed by atoms with E-state index < -0.39 is 22.1 Å². The number of ether oxygens (including phenoxy) is 1. The molecule has 1 aliphatic heterocycles. The Balaban J connectivity index is 1.77. The van der Waals surface area contributed by atoms with E-state index in [9.17, 15) is 18.0 Å². The van der Waals surface area contributed by atoms with Gasteiger partial charge in [0.05, 0.1) is 24.9 Å². The van der Waals surface area contributed by atoms with Crippen molar-refractivity contribution in [2.45, 2.75) is 44.6 Å². The highest BCUT2D eigenvalue weighted by Gasteiger charge is 2.31. The van der Waals surface area contributed by atoms with E-state index in [1.807, 2.05) is 30.3 Å². The number of carbonyl (C=O) groups excluding carboxylic acids is 2. The van der Waals surface area contributed by atoms with E-state index in [1.54, 1.807) is 12.1 Å². The summed E-state index contributed by atoms with van der Waals surface area (Å²) in [6, 6.07) is 10.9. The molecule has 38 heavy (non-hydrogen) atoms. The summed E-state index contributed by atoms with van der Waals surface area (Å²) in [5.74, 6) is -0.852. The van der Waals surface area contributed by atoms with E-state index in [0.717, 1.165) is 57.7 Å². The second-order valence-electron chi connectivity index (χ2n) is 10.0. The van der Waals surface area contributed by atoms with Crippen molar-refractivity contribution in [3.63, 3.8) is 0 Å².